The highest BCUT2D eigenvalue weighted by Crippen LogP contribution is 2.03. The Bertz CT molecular complexity index is 356. The highest BCUT2D eigenvalue weighted by atomic mass is 16.1. The van der Waals surface area contributed by atoms with E-state index in [1.54, 1.807) is 0 Å². The molecule has 1 aromatic rings. The second-order valence-electron chi connectivity index (χ2n) is 2.33. The highest BCUT2D eigenvalue weighted by molar-refractivity contribution is 5.92. The van der Waals surface area contributed by atoms with Gasteiger partial charge in [0.05, 0.1) is 0 Å². The van der Waals surface area contributed by atoms with Crippen LogP contribution in [0.1, 0.15) is 17.4 Å². The Balaban J connectivity index is 3.06. The first-order valence-corrected chi connectivity index (χ1v) is 3.53. The molecule has 0 saturated heterocycles. The van der Waals surface area contributed by atoms with Gasteiger partial charge in [0.2, 0.25) is 0 Å². The van der Waals surface area contributed by atoms with E-state index < -0.39 is 0 Å². The Labute approximate surface area is 74.7 Å². The number of hydrogen-bond donors (Lipinski definition) is 2. The van der Waals surface area contributed by atoms with Gasteiger partial charge in [-0.15, -0.1) is 0 Å². The summed E-state index contributed by atoms with van der Waals surface area (Å²) in [6.07, 6.45) is 1.42. The topological polar surface area (TPSA) is 107 Å². The largest absolute Gasteiger partial charge is 0.370 e. The average Bonchev–Trinajstić information content (AvgIpc) is 2.03. The van der Waals surface area contributed by atoms with E-state index in [1.807, 2.05) is 0 Å². The van der Waals surface area contributed by atoms with Crippen molar-refractivity contribution in [3.05, 3.63) is 18.0 Å². The van der Waals surface area contributed by atoms with Gasteiger partial charge in [-0.3, -0.25) is 4.79 Å². The van der Waals surface area contributed by atoms with Gasteiger partial charge in [0.25, 0.3) is 5.95 Å². The van der Waals surface area contributed by atoms with Crippen LogP contribution in [0.2, 0.25) is 0 Å². The van der Waals surface area contributed by atoms with Crippen LogP contribution in [0.4, 0.5) is 5.95 Å². The van der Waals surface area contributed by atoms with Gasteiger partial charge in [0, 0.05) is 13.1 Å². The molecule has 68 valence electrons. The molecule has 0 saturated carbocycles. The number of hydrogen-bond acceptors (Lipinski definition) is 4. The smallest absolute Gasteiger partial charge is 0.253 e. The molecule has 13 heavy (non-hydrogen) atoms. The molecule has 6 nitrogen and oxygen atoms in total. The summed E-state index contributed by atoms with van der Waals surface area (Å²) < 4.78 is 0. The molecule has 4 N–H and O–H groups in total. The summed E-state index contributed by atoms with van der Waals surface area (Å²) in [6.45, 7) is 1.40. The maximum Gasteiger partial charge on any atom is 0.253 e. The molecule has 0 unspecified atom stereocenters. The predicted octanol–water partition coefficient (Wildman–Crippen LogP) is -0.416. The summed E-state index contributed by atoms with van der Waals surface area (Å²) >= 11 is 0. The molecule has 1 rings (SSSR count). The molecular formula is C7H9N5O. The van der Waals surface area contributed by atoms with Gasteiger partial charge in [0.15, 0.2) is 11.7 Å². The van der Waals surface area contributed by atoms with Gasteiger partial charge in [-0.2, -0.15) is 4.99 Å². The number of carbonyl (C=O) groups is 1. The van der Waals surface area contributed by atoms with E-state index in [2.05, 4.69) is 15.0 Å². The molecule has 6 heteroatoms. The molecular weight excluding hydrogens is 170 g/mol. The first-order valence-electron chi connectivity index (χ1n) is 3.53. The Hall–Kier alpha value is -1.98. The highest BCUT2D eigenvalue weighted by Gasteiger charge is 2.01. The minimum atomic E-state index is -0.158. The van der Waals surface area contributed by atoms with E-state index in [-0.39, 0.29) is 23.4 Å². The molecule has 0 aliphatic carbocycles. The summed E-state index contributed by atoms with van der Waals surface area (Å²) in [4.78, 5) is 22.0. The molecule has 1 heterocycles. The third kappa shape index (κ3) is 2.51. The maximum absolute atomic E-state index is 10.9. The lowest BCUT2D eigenvalue weighted by atomic mass is 10.3. The standard InChI is InChI=1S/C7H9N5O/c1-4(13)5-2-3-10-7(11-5)12-6(8)9/h2-3H,1H3,(H4,8,9,10,11,12). The molecule has 0 aromatic carbocycles. The zero-order valence-corrected chi connectivity index (χ0v) is 7.06. The van der Waals surface area contributed by atoms with Crippen LogP contribution in [0.3, 0.4) is 0 Å². The zero-order valence-electron chi connectivity index (χ0n) is 7.06. The van der Waals surface area contributed by atoms with E-state index in [1.165, 1.54) is 19.2 Å². The molecule has 0 fully saturated rings. The molecule has 1 aromatic heterocycles. The van der Waals surface area contributed by atoms with Gasteiger partial charge >= 0.3 is 0 Å². The van der Waals surface area contributed by atoms with Crippen LogP contribution in [-0.2, 0) is 0 Å². The quantitative estimate of drug-likeness (QED) is 0.364. The average molecular weight is 179 g/mol. The predicted molar refractivity (Wildman–Crippen MR) is 47.5 cm³/mol. The third-order valence-corrected chi connectivity index (χ3v) is 1.23. The van der Waals surface area contributed by atoms with Crippen molar-refractivity contribution < 1.29 is 4.79 Å². The van der Waals surface area contributed by atoms with Crippen LogP contribution in [0.15, 0.2) is 17.3 Å². The molecule has 0 amide bonds. The maximum atomic E-state index is 10.9. The lowest BCUT2D eigenvalue weighted by Crippen LogP contribution is -2.22. The Morgan fingerprint density at radius 3 is 2.77 bits per heavy atom. The van der Waals surface area contributed by atoms with Crippen LogP contribution in [0.5, 0.6) is 0 Å². The van der Waals surface area contributed by atoms with Crippen molar-refractivity contribution in [2.24, 2.45) is 16.5 Å². The fourth-order valence-corrected chi connectivity index (χ4v) is 0.714. The normalized spacial score (nSPS) is 9.31. The van der Waals surface area contributed by atoms with Crippen LogP contribution in [-0.4, -0.2) is 21.7 Å². The lowest BCUT2D eigenvalue weighted by molar-refractivity contribution is 0.101. The summed E-state index contributed by atoms with van der Waals surface area (Å²) in [5.74, 6) is -0.206. The molecule has 0 aliphatic heterocycles. The number of Topliss-reactive ketones (excluding diaryl/α,β-unsaturated/α-hetero) is 1. The van der Waals surface area contributed by atoms with Crippen molar-refractivity contribution >= 4 is 17.7 Å². The number of guanidine groups is 1. The second kappa shape index (κ2) is 3.61. The summed E-state index contributed by atoms with van der Waals surface area (Å²) in [7, 11) is 0. The number of nitrogens with zero attached hydrogens (tertiary/aromatic N) is 3. The first kappa shape index (κ1) is 9.11. The SMILES string of the molecule is CC(=O)c1ccnc(N=C(N)N)n1. The minimum absolute atomic E-state index is 0.0905. The molecule has 0 radical (unpaired) electrons. The van der Waals surface area contributed by atoms with Crippen molar-refractivity contribution in [2.45, 2.75) is 6.92 Å². The van der Waals surface area contributed by atoms with Crippen molar-refractivity contribution in [3.63, 3.8) is 0 Å². The third-order valence-electron chi connectivity index (χ3n) is 1.23. The van der Waals surface area contributed by atoms with Crippen molar-refractivity contribution in [1.29, 1.82) is 0 Å². The number of rotatable bonds is 2. The van der Waals surface area contributed by atoms with Crippen molar-refractivity contribution in [2.75, 3.05) is 0 Å². The zero-order chi connectivity index (χ0) is 9.84. The number of aromatic nitrogens is 2. The number of ketones is 1. The van der Waals surface area contributed by atoms with Crippen LogP contribution in [0.25, 0.3) is 0 Å². The van der Waals surface area contributed by atoms with Gasteiger partial charge < -0.3 is 11.5 Å². The van der Waals surface area contributed by atoms with Gasteiger partial charge in [0.1, 0.15) is 5.69 Å². The number of carbonyl (C=O) groups excluding carboxylic acids is 1. The minimum Gasteiger partial charge on any atom is -0.370 e. The number of aliphatic imine (C=N–C) groups is 1. The monoisotopic (exact) mass is 179 g/mol. The van der Waals surface area contributed by atoms with Gasteiger partial charge in [-0.05, 0) is 6.07 Å². The van der Waals surface area contributed by atoms with E-state index >= 15 is 0 Å². The number of nitrogens with two attached hydrogens (primary N) is 2. The Morgan fingerprint density at radius 1 is 1.54 bits per heavy atom. The molecule has 0 bridgehead atoms. The summed E-state index contributed by atoms with van der Waals surface area (Å²) in [6, 6.07) is 1.49. The lowest BCUT2D eigenvalue weighted by Gasteiger charge is -1.95. The second-order valence-corrected chi connectivity index (χ2v) is 2.33. The fourth-order valence-electron chi connectivity index (χ4n) is 0.714. The van der Waals surface area contributed by atoms with E-state index in [0.717, 1.165) is 0 Å². The van der Waals surface area contributed by atoms with E-state index in [0.29, 0.717) is 0 Å². The Morgan fingerprint density at radius 2 is 2.23 bits per heavy atom. The molecule has 0 aliphatic rings. The Kier molecular flexibility index (Phi) is 2.53. The van der Waals surface area contributed by atoms with Gasteiger partial charge in [-0.25, -0.2) is 9.97 Å². The van der Waals surface area contributed by atoms with Crippen molar-refractivity contribution in [3.8, 4) is 0 Å². The molecule has 0 atom stereocenters. The van der Waals surface area contributed by atoms with Crippen LogP contribution in [0, 0.1) is 0 Å². The fraction of sp³-hybridized carbons (Fsp3) is 0.143. The molecule has 0 spiro atoms. The summed E-state index contributed by atoms with van der Waals surface area (Å²) in [5, 5.41) is 0. The first-order chi connectivity index (χ1) is 6.09. The van der Waals surface area contributed by atoms with Crippen LogP contribution >= 0.6 is 0 Å². The van der Waals surface area contributed by atoms with Crippen molar-refractivity contribution in [1.82, 2.24) is 9.97 Å². The summed E-state index contributed by atoms with van der Waals surface area (Å²) in [5.41, 5.74) is 10.5. The van der Waals surface area contributed by atoms with E-state index in [9.17, 15) is 4.79 Å². The van der Waals surface area contributed by atoms with Gasteiger partial charge in [-0.1, -0.05) is 0 Å². The van der Waals surface area contributed by atoms with Crippen LogP contribution < -0.4 is 11.5 Å². The van der Waals surface area contributed by atoms with E-state index in [4.69, 9.17) is 11.5 Å².